The molecule has 4 nitrogen and oxygen atoms in total. The molecule has 4 rings (SSSR count). The molecule has 0 radical (unpaired) electrons. The van der Waals surface area contributed by atoms with E-state index in [4.69, 9.17) is 8.83 Å². The van der Waals surface area contributed by atoms with Gasteiger partial charge in [0.2, 0.25) is 0 Å². The second-order valence-corrected chi connectivity index (χ2v) is 6.87. The average Bonchev–Trinajstić information content (AvgIpc) is 3.05. The molecule has 2 atom stereocenters. The van der Waals surface area contributed by atoms with Crippen molar-refractivity contribution in [2.24, 2.45) is 5.92 Å². The number of amides is 1. The zero-order chi connectivity index (χ0) is 18.1. The minimum Gasteiger partial charge on any atom is -0.467 e. The van der Waals surface area contributed by atoms with Gasteiger partial charge in [-0.05, 0) is 60.9 Å². The maximum Gasteiger partial charge on any atom is 0.254 e. The molecule has 2 heterocycles. The van der Waals surface area contributed by atoms with Crippen molar-refractivity contribution in [1.29, 1.82) is 0 Å². The monoisotopic (exact) mass is 353 g/mol. The van der Waals surface area contributed by atoms with Crippen LogP contribution in [0.2, 0.25) is 0 Å². The van der Waals surface area contributed by atoms with E-state index in [-0.39, 0.29) is 11.7 Å². The third kappa shape index (κ3) is 3.57. The first-order valence-corrected chi connectivity index (χ1v) is 8.76. The summed E-state index contributed by atoms with van der Waals surface area (Å²) in [6, 6.07) is 13.1. The molecular weight excluding hydrogens is 333 g/mol. The van der Waals surface area contributed by atoms with Crippen LogP contribution in [0.5, 0.6) is 0 Å². The van der Waals surface area contributed by atoms with Gasteiger partial charge in [0, 0.05) is 11.5 Å². The lowest BCUT2D eigenvalue weighted by molar-refractivity contribution is 0.0704. The highest BCUT2D eigenvalue weighted by Gasteiger charge is 2.36. The van der Waals surface area contributed by atoms with Crippen LogP contribution in [0.25, 0.3) is 0 Å². The van der Waals surface area contributed by atoms with Gasteiger partial charge < -0.3 is 13.7 Å². The molecule has 134 valence electrons. The maximum absolute atomic E-state index is 13.2. The molecule has 0 saturated heterocycles. The Morgan fingerprint density at radius 3 is 2.50 bits per heavy atom. The number of furan rings is 2. The lowest BCUT2D eigenvalue weighted by Crippen LogP contribution is -2.29. The molecule has 1 aliphatic rings. The Balaban J connectivity index is 1.54. The molecule has 5 heteroatoms. The third-order valence-corrected chi connectivity index (χ3v) is 4.81. The van der Waals surface area contributed by atoms with Gasteiger partial charge in [-0.25, -0.2) is 4.39 Å². The minimum absolute atomic E-state index is 0.195. The number of hydrogen-bond donors (Lipinski definition) is 0. The van der Waals surface area contributed by atoms with Crippen LogP contribution >= 0.6 is 0 Å². The Labute approximate surface area is 151 Å². The van der Waals surface area contributed by atoms with Gasteiger partial charge in [0.1, 0.15) is 23.1 Å². The summed E-state index contributed by atoms with van der Waals surface area (Å²) < 4.78 is 24.5. The fraction of sp³-hybridized carbons (Fsp3) is 0.286. The quantitative estimate of drug-likeness (QED) is 0.628. The first-order valence-electron chi connectivity index (χ1n) is 8.76. The van der Waals surface area contributed by atoms with Crippen molar-refractivity contribution in [1.82, 2.24) is 4.90 Å². The lowest BCUT2D eigenvalue weighted by Gasteiger charge is -2.20. The summed E-state index contributed by atoms with van der Waals surface area (Å²) in [5, 5.41) is 0. The van der Waals surface area contributed by atoms with E-state index < -0.39 is 0 Å². The smallest absolute Gasteiger partial charge is 0.254 e. The van der Waals surface area contributed by atoms with E-state index >= 15 is 0 Å². The Morgan fingerprint density at radius 1 is 1.12 bits per heavy atom. The normalized spacial score (nSPS) is 18.7. The average molecular weight is 353 g/mol. The molecule has 0 spiro atoms. The molecule has 2 aromatic heterocycles. The van der Waals surface area contributed by atoms with Crippen LogP contribution in [0.1, 0.15) is 46.9 Å². The Bertz CT molecular complexity index is 882. The Hall–Kier alpha value is -2.82. The summed E-state index contributed by atoms with van der Waals surface area (Å²) in [5.74, 6) is 3.00. The van der Waals surface area contributed by atoms with Crippen molar-refractivity contribution >= 4 is 5.91 Å². The molecule has 1 amide bonds. The number of rotatable bonds is 6. The fourth-order valence-corrected chi connectivity index (χ4v) is 3.15. The zero-order valence-electron chi connectivity index (χ0n) is 14.5. The first kappa shape index (κ1) is 16.6. The highest BCUT2D eigenvalue weighted by molar-refractivity contribution is 5.94. The summed E-state index contributed by atoms with van der Waals surface area (Å²) >= 11 is 0. The van der Waals surface area contributed by atoms with Crippen molar-refractivity contribution in [3.63, 3.8) is 0 Å². The second-order valence-electron chi connectivity index (χ2n) is 6.87. The van der Waals surface area contributed by atoms with Gasteiger partial charge in [0.25, 0.3) is 5.91 Å². The number of hydrogen-bond acceptors (Lipinski definition) is 3. The van der Waals surface area contributed by atoms with Crippen LogP contribution in [-0.2, 0) is 13.1 Å². The number of nitrogens with zero attached hydrogens (tertiary/aromatic N) is 1. The molecule has 0 aliphatic heterocycles. The fourth-order valence-electron chi connectivity index (χ4n) is 3.15. The SMILES string of the molecule is CC1CC1c1ccc(CN(Cc2ccco2)C(=O)c2ccc(F)cc2)o1. The number of halogens is 1. The second kappa shape index (κ2) is 6.83. The summed E-state index contributed by atoms with van der Waals surface area (Å²) in [5.41, 5.74) is 0.431. The predicted octanol–water partition coefficient (Wildman–Crippen LogP) is 4.98. The van der Waals surface area contributed by atoms with E-state index in [1.54, 1.807) is 17.2 Å². The molecule has 26 heavy (non-hydrogen) atoms. The van der Waals surface area contributed by atoms with Crippen LogP contribution in [0.15, 0.2) is 63.6 Å². The van der Waals surface area contributed by atoms with E-state index in [2.05, 4.69) is 6.92 Å². The van der Waals surface area contributed by atoms with Crippen molar-refractivity contribution in [3.05, 3.63) is 83.5 Å². The Morgan fingerprint density at radius 2 is 1.85 bits per heavy atom. The van der Waals surface area contributed by atoms with Crippen LogP contribution in [0.4, 0.5) is 4.39 Å². The summed E-state index contributed by atoms with van der Waals surface area (Å²) in [6.45, 7) is 2.85. The van der Waals surface area contributed by atoms with Gasteiger partial charge >= 0.3 is 0 Å². The van der Waals surface area contributed by atoms with Gasteiger partial charge in [0.15, 0.2) is 0 Å². The van der Waals surface area contributed by atoms with E-state index in [1.165, 1.54) is 24.3 Å². The van der Waals surface area contributed by atoms with Crippen LogP contribution in [0, 0.1) is 11.7 Å². The van der Waals surface area contributed by atoms with Crippen molar-refractivity contribution in [2.75, 3.05) is 0 Å². The largest absolute Gasteiger partial charge is 0.467 e. The molecule has 1 fully saturated rings. The molecular formula is C21H20FNO3. The zero-order valence-corrected chi connectivity index (χ0v) is 14.5. The standard InChI is InChI=1S/C21H20FNO3/c1-14-11-19(14)20-9-8-18(26-20)13-23(12-17-3-2-10-25-17)21(24)15-4-6-16(22)7-5-15/h2-10,14,19H,11-13H2,1H3. The molecule has 3 aromatic rings. The minimum atomic E-state index is -0.367. The number of benzene rings is 1. The molecule has 2 unspecified atom stereocenters. The lowest BCUT2D eigenvalue weighted by atomic mass is 10.2. The van der Waals surface area contributed by atoms with Crippen LogP contribution in [0.3, 0.4) is 0 Å². The topological polar surface area (TPSA) is 46.6 Å². The van der Waals surface area contributed by atoms with E-state index in [1.807, 2.05) is 18.2 Å². The van der Waals surface area contributed by atoms with Gasteiger partial charge in [-0.15, -0.1) is 0 Å². The van der Waals surface area contributed by atoms with Gasteiger partial charge in [-0.2, -0.15) is 0 Å². The summed E-state index contributed by atoms with van der Waals surface area (Å²) in [6.07, 6.45) is 2.73. The van der Waals surface area contributed by atoms with Crippen LogP contribution in [-0.4, -0.2) is 10.8 Å². The van der Waals surface area contributed by atoms with Crippen LogP contribution < -0.4 is 0 Å². The van der Waals surface area contributed by atoms with Gasteiger partial charge in [0.05, 0.1) is 19.4 Å². The Kier molecular flexibility index (Phi) is 4.37. The molecule has 1 aromatic carbocycles. The number of carbonyl (C=O) groups excluding carboxylic acids is 1. The molecule has 1 aliphatic carbocycles. The highest BCUT2D eigenvalue weighted by Crippen LogP contribution is 2.47. The van der Waals surface area contributed by atoms with Crippen molar-refractivity contribution in [2.45, 2.75) is 32.4 Å². The maximum atomic E-state index is 13.2. The third-order valence-electron chi connectivity index (χ3n) is 4.81. The predicted molar refractivity (Wildman–Crippen MR) is 93.9 cm³/mol. The summed E-state index contributed by atoms with van der Waals surface area (Å²) in [7, 11) is 0. The first-order chi connectivity index (χ1) is 12.6. The van der Waals surface area contributed by atoms with E-state index in [9.17, 15) is 9.18 Å². The van der Waals surface area contributed by atoms with Gasteiger partial charge in [-0.1, -0.05) is 6.92 Å². The molecule has 0 N–H and O–H groups in total. The van der Waals surface area contributed by atoms with Crippen molar-refractivity contribution < 1.29 is 18.0 Å². The van der Waals surface area contributed by atoms with E-state index in [0.717, 1.165) is 17.9 Å². The van der Waals surface area contributed by atoms with Crippen molar-refractivity contribution in [3.8, 4) is 0 Å². The molecule has 0 bridgehead atoms. The van der Waals surface area contributed by atoms with Gasteiger partial charge in [-0.3, -0.25) is 4.79 Å². The number of carbonyl (C=O) groups is 1. The molecule has 1 saturated carbocycles. The van der Waals surface area contributed by atoms with E-state index in [0.29, 0.717) is 36.2 Å². The highest BCUT2D eigenvalue weighted by atomic mass is 19.1. The summed E-state index contributed by atoms with van der Waals surface area (Å²) in [4.78, 5) is 14.6.